The number of benzene rings is 1. The molecule has 0 atom stereocenters. The van der Waals surface area contributed by atoms with E-state index in [0.717, 1.165) is 12.8 Å². The molecule has 1 fully saturated rings. The van der Waals surface area contributed by atoms with Crippen LogP contribution in [-0.4, -0.2) is 45.5 Å². The van der Waals surface area contributed by atoms with Gasteiger partial charge in [-0.05, 0) is 25.0 Å². The van der Waals surface area contributed by atoms with E-state index in [9.17, 15) is 13.2 Å². The fraction of sp³-hybridized carbons (Fsp3) is 0.462. The average Bonchev–Trinajstić information content (AvgIpc) is 2.46. The Morgan fingerprint density at radius 3 is 2.45 bits per heavy atom. The molecule has 0 aromatic heterocycles. The number of carbonyl (C=O) groups excluding carboxylic acids is 1. The number of hydrogen-bond donors (Lipinski definition) is 1. The Labute approximate surface area is 118 Å². The number of rotatable bonds is 3. The molecule has 7 heteroatoms. The fourth-order valence-corrected chi connectivity index (χ4v) is 3.09. The maximum absolute atomic E-state index is 12.4. The predicted octanol–water partition coefficient (Wildman–Crippen LogP) is 0.585. The first-order chi connectivity index (χ1) is 9.43. The number of sulfonamides is 1. The Hall–Kier alpha value is -1.44. The van der Waals surface area contributed by atoms with E-state index in [2.05, 4.69) is 0 Å². The molecule has 1 heterocycles. The first kappa shape index (κ1) is 15.0. The smallest absolute Gasteiger partial charge is 0.255 e. The lowest BCUT2D eigenvalue weighted by atomic mass is 10.1. The number of amides is 1. The van der Waals surface area contributed by atoms with Crippen molar-refractivity contribution in [1.82, 2.24) is 4.90 Å². The highest BCUT2D eigenvalue weighted by Gasteiger charge is 2.26. The molecule has 1 aromatic rings. The number of carbonyl (C=O) groups is 1. The lowest BCUT2D eigenvalue weighted by Crippen LogP contribution is -2.41. The normalized spacial score (nSPS) is 17.2. The summed E-state index contributed by atoms with van der Waals surface area (Å²) in [6.45, 7) is 1.10. The van der Waals surface area contributed by atoms with Crippen LogP contribution < -0.4 is 5.14 Å². The summed E-state index contributed by atoms with van der Waals surface area (Å²) in [4.78, 5) is 13.9. The van der Waals surface area contributed by atoms with Gasteiger partial charge in [-0.25, -0.2) is 13.6 Å². The second kappa shape index (κ2) is 5.90. The number of methoxy groups -OCH3 is 1. The molecule has 2 rings (SSSR count). The van der Waals surface area contributed by atoms with Gasteiger partial charge in [0.2, 0.25) is 10.0 Å². The van der Waals surface area contributed by atoms with Gasteiger partial charge in [-0.15, -0.1) is 0 Å². The van der Waals surface area contributed by atoms with Gasteiger partial charge in [-0.3, -0.25) is 4.79 Å². The van der Waals surface area contributed by atoms with Gasteiger partial charge in [0.25, 0.3) is 5.91 Å². The van der Waals surface area contributed by atoms with Crippen LogP contribution in [0.3, 0.4) is 0 Å². The van der Waals surface area contributed by atoms with Crippen molar-refractivity contribution in [1.29, 1.82) is 0 Å². The third-order valence-electron chi connectivity index (χ3n) is 3.49. The highest BCUT2D eigenvalue weighted by Crippen LogP contribution is 2.19. The summed E-state index contributed by atoms with van der Waals surface area (Å²) in [5.74, 6) is -0.302. The van der Waals surface area contributed by atoms with Crippen molar-refractivity contribution in [2.75, 3.05) is 20.2 Å². The van der Waals surface area contributed by atoms with Gasteiger partial charge in [0.15, 0.2) is 0 Å². The molecule has 0 saturated carbocycles. The lowest BCUT2D eigenvalue weighted by Gasteiger charge is -2.31. The van der Waals surface area contributed by atoms with E-state index >= 15 is 0 Å². The highest BCUT2D eigenvalue weighted by molar-refractivity contribution is 7.89. The first-order valence-corrected chi connectivity index (χ1v) is 7.92. The Balaban J connectivity index is 2.23. The molecule has 1 aromatic carbocycles. The van der Waals surface area contributed by atoms with Crippen LogP contribution in [0.2, 0.25) is 0 Å². The summed E-state index contributed by atoms with van der Waals surface area (Å²) in [6.07, 6.45) is 1.66. The maximum atomic E-state index is 12.4. The van der Waals surface area contributed by atoms with Crippen LogP contribution in [0.4, 0.5) is 0 Å². The van der Waals surface area contributed by atoms with Gasteiger partial charge in [0.1, 0.15) is 0 Å². The highest BCUT2D eigenvalue weighted by atomic mass is 32.2. The van der Waals surface area contributed by atoms with Crippen molar-refractivity contribution < 1.29 is 17.9 Å². The van der Waals surface area contributed by atoms with E-state index in [1.165, 1.54) is 12.1 Å². The molecule has 1 aliphatic heterocycles. The Morgan fingerprint density at radius 1 is 1.30 bits per heavy atom. The van der Waals surface area contributed by atoms with Crippen molar-refractivity contribution in [3.05, 3.63) is 29.8 Å². The second-order valence-electron chi connectivity index (χ2n) is 4.77. The van der Waals surface area contributed by atoms with Gasteiger partial charge in [0.05, 0.1) is 16.6 Å². The zero-order valence-electron chi connectivity index (χ0n) is 11.3. The monoisotopic (exact) mass is 298 g/mol. The quantitative estimate of drug-likeness (QED) is 0.884. The molecular weight excluding hydrogens is 280 g/mol. The number of ether oxygens (including phenoxy) is 1. The number of likely N-dealkylation sites (tertiary alicyclic amines) is 1. The number of hydrogen-bond acceptors (Lipinski definition) is 4. The first-order valence-electron chi connectivity index (χ1n) is 6.37. The minimum atomic E-state index is -3.90. The van der Waals surface area contributed by atoms with E-state index in [0.29, 0.717) is 13.1 Å². The van der Waals surface area contributed by atoms with E-state index < -0.39 is 10.0 Å². The van der Waals surface area contributed by atoms with Gasteiger partial charge >= 0.3 is 0 Å². The Morgan fingerprint density at radius 2 is 1.90 bits per heavy atom. The van der Waals surface area contributed by atoms with Crippen molar-refractivity contribution in [2.24, 2.45) is 5.14 Å². The molecule has 1 saturated heterocycles. The van der Waals surface area contributed by atoms with Crippen LogP contribution in [0.25, 0.3) is 0 Å². The molecule has 20 heavy (non-hydrogen) atoms. The largest absolute Gasteiger partial charge is 0.381 e. The fourth-order valence-electron chi connectivity index (χ4n) is 2.36. The van der Waals surface area contributed by atoms with Crippen molar-refractivity contribution >= 4 is 15.9 Å². The molecule has 0 spiro atoms. The van der Waals surface area contributed by atoms with Gasteiger partial charge in [0, 0.05) is 20.2 Å². The Bertz CT molecular complexity index is 592. The third-order valence-corrected chi connectivity index (χ3v) is 4.46. The minimum Gasteiger partial charge on any atom is -0.381 e. The molecule has 0 unspecified atom stereocenters. The van der Waals surface area contributed by atoms with Crippen molar-refractivity contribution in [3.8, 4) is 0 Å². The van der Waals surface area contributed by atoms with Gasteiger partial charge in [-0.2, -0.15) is 0 Å². The summed E-state index contributed by atoms with van der Waals surface area (Å²) in [5, 5.41) is 5.15. The number of nitrogens with two attached hydrogens (primary N) is 1. The van der Waals surface area contributed by atoms with Crippen LogP contribution in [0.15, 0.2) is 29.2 Å². The molecule has 1 amide bonds. The zero-order valence-corrected chi connectivity index (χ0v) is 12.1. The predicted molar refractivity (Wildman–Crippen MR) is 73.7 cm³/mol. The summed E-state index contributed by atoms with van der Waals surface area (Å²) in [6, 6.07) is 6.02. The molecule has 1 aliphatic rings. The molecule has 2 N–H and O–H groups in total. The minimum absolute atomic E-state index is 0.126. The van der Waals surface area contributed by atoms with Gasteiger partial charge in [-0.1, -0.05) is 12.1 Å². The number of piperidine rings is 1. The summed E-state index contributed by atoms with van der Waals surface area (Å²) in [7, 11) is -2.25. The molecule has 0 aliphatic carbocycles. The van der Waals surface area contributed by atoms with Crippen LogP contribution in [0.1, 0.15) is 23.2 Å². The van der Waals surface area contributed by atoms with Gasteiger partial charge < -0.3 is 9.64 Å². The average molecular weight is 298 g/mol. The van der Waals surface area contributed by atoms with Crippen LogP contribution in [0, 0.1) is 0 Å². The Kier molecular flexibility index (Phi) is 4.42. The van der Waals surface area contributed by atoms with Crippen molar-refractivity contribution in [2.45, 2.75) is 23.8 Å². The topological polar surface area (TPSA) is 89.7 Å². The van der Waals surface area contributed by atoms with Crippen LogP contribution in [0.5, 0.6) is 0 Å². The van der Waals surface area contributed by atoms with E-state index in [1.807, 2.05) is 0 Å². The summed E-state index contributed by atoms with van der Waals surface area (Å²) >= 11 is 0. The van der Waals surface area contributed by atoms with Crippen LogP contribution >= 0.6 is 0 Å². The molecular formula is C13H18N2O4S. The molecule has 110 valence electrons. The van der Waals surface area contributed by atoms with E-state index in [-0.39, 0.29) is 22.5 Å². The molecule has 0 radical (unpaired) electrons. The number of primary sulfonamides is 1. The standard InChI is InChI=1S/C13H18N2O4S/c1-19-10-6-8-15(9-7-10)13(16)11-4-2-3-5-12(11)20(14,17)18/h2-5,10H,6-9H2,1H3,(H2,14,17,18). The van der Waals surface area contributed by atoms with E-state index in [1.54, 1.807) is 24.1 Å². The molecule has 0 bridgehead atoms. The third kappa shape index (κ3) is 3.17. The zero-order chi connectivity index (χ0) is 14.8. The van der Waals surface area contributed by atoms with E-state index in [4.69, 9.17) is 9.88 Å². The summed E-state index contributed by atoms with van der Waals surface area (Å²) in [5.41, 5.74) is 0.130. The van der Waals surface area contributed by atoms with Crippen LogP contribution in [-0.2, 0) is 14.8 Å². The molecule has 6 nitrogen and oxygen atoms in total. The lowest BCUT2D eigenvalue weighted by molar-refractivity contribution is 0.0348. The summed E-state index contributed by atoms with van der Waals surface area (Å²) < 4.78 is 28.3. The number of nitrogens with zero attached hydrogens (tertiary/aromatic N) is 1. The van der Waals surface area contributed by atoms with Crippen molar-refractivity contribution in [3.63, 3.8) is 0 Å². The SMILES string of the molecule is COC1CCN(C(=O)c2ccccc2S(N)(=O)=O)CC1. The maximum Gasteiger partial charge on any atom is 0.255 e. The second-order valence-corrected chi connectivity index (χ2v) is 6.30.